The van der Waals surface area contributed by atoms with Crippen molar-refractivity contribution in [2.45, 2.75) is 18.9 Å². The molecule has 27 heavy (non-hydrogen) atoms. The molecule has 2 aromatic carbocycles. The molecule has 1 aliphatic rings. The Morgan fingerprint density at radius 3 is 2.44 bits per heavy atom. The lowest BCUT2D eigenvalue weighted by atomic mass is 10.0. The monoisotopic (exact) mass is 362 g/mol. The molecule has 1 aromatic heterocycles. The van der Waals surface area contributed by atoms with Gasteiger partial charge in [0.05, 0.1) is 13.3 Å². The molecule has 1 saturated heterocycles. The van der Waals surface area contributed by atoms with Crippen LogP contribution < -0.4 is 15.0 Å². The molecule has 5 nitrogen and oxygen atoms in total. The largest absolute Gasteiger partial charge is 0.497 e. The molecular formula is C22H26N4O. The fourth-order valence-corrected chi connectivity index (χ4v) is 3.67. The molecule has 1 fully saturated rings. The van der Waals surface area contributed by atoms with Gasteiger partial charge in [0.1, 0.15) is 11.6 Å². The molecule has 5 heteroatoms. The van der Waals surface area contributed by atoms with E-state index in [1.807, 2.05) is 36.1 Å². The summed E-state index contributed by atoms with van der Waals surface area (Å²) < 4.78 is 7.22. The SMILES string of the molecule is COc1cccc(-c2ccc(N3CCC(Nc4ccnn4C)CC3)cc2)c1. The second-order valence-electron chi connectivity index (χ2n) is 7.02. The summed E-state index contributed by atoms with van der Waals surface area (Å²) in [7, 11) is 3.68. The van der Waals surface area contributed by atoms with Gasteiger partial charge < -0.3 is 15.0 Å². The van der Waals surface area contributed by atoms with Gasteiger partial charge in [-0.2, -0.15) is 5.10 Å². The van der Waals surface area contributed by atoms with Crippen molar-refractivity contribution in [1.82, 2.24) is 9.78 Å². The van der Waals surface area contributed by atoms with Crippen LogP contribution in [0.25, 0.3) is 11.1 Å². The molecule has 1 aliphatic heterocycles. The number of aryl methyl sites for hydroxylation is 1. The molecule has 4 rings (SSSR count). The van der Waals surface area contributed by atoms with Gasteiger partial charge in [0.2, 0.25) is 0 Å². The summed E-state index contributed by atoms with van der Waals surface area (Å²) in [5, 5.41) is 7.83. The Hall–Kier alpha value is -2.95. The molecule has 2 heterocycles. The third kappa shape index (κ3) is 3.92. The summed E-state index contributed by atoms with van der Waals surface area (Å²) in [6.45, 7) is 2.13. The number of hydrogen-bond acceptors (Lipinski definition) is 4. The highest BCUT2D eigenvalue weighted by Crippen LogP contribution is 2.27. The molecule has 0 aliphatic carbocycles. The van der Waals surface area contributed by atoms with E-state index in [0.717, 1.165) is 37.5 Å². The van der Waals surface area contributed by atoms with Crippen LogP contribution in [0.1, 0.15) is 12.8 Å². The first-order valence-corrected chi connectivity index (χ1v) is 9.47. The summed E-state index contributed by atoms with van der Waals surface area (Å²) in [4.78, 5) is 2.47. The maximum Gasteiger partial charge on any atom is 0.124 e. The number of benzene rings is 2. The molecule has 3 aromatic rings. The Kier molecular flexibility index (Phi) is 5.01. The first-order valence-electron chi connectivity index (χ1n) is 9.47. The van der Waals surface area contributed by atoms with E-state index in [1.54, 1.807) is 7.11 Å². The fraction of sp³-hybridized carbons (Fsp3) is 0.318. The maximum absolute atomic E-state index is 5.33. The van der Waals surface area contributed by atoms with Gasteiger partial charge in [0, 0.05) is 37.9 Å². The minimum absolute atomic E-state index is 0.507. The van der Waals surface area contributed by atoms with Crippen molar-refractivity contribution in [1.29, 1.82) is 0 Å². The van der Waals surface area contributed by atoms with E-state index in [-0.39, 0.29) is 0 Å². The second kappa shape index (κ2) is 7.74. The van der Waals surface area contributed by atoms with Gasteiger partial charge >= 0.3 is 0 Å². The Labute approximate surface area is 160 Å². The lowest BCUT2D eigenvalue weighted by Crippen LogP contribution is -2.39. The van der Waals surface area contributed by atoms with Gasteiger partial charge in [-0.3, -0.25) is 4.68 Å². The number of ether oxygens (including phenoxy) is 1. The van der Waals surface area contributed by atoms with Crippen molar-refractivity contribution in [2.75, 3.05) is 30.4 Å². The average molecular weight is 362 g/mol. The number of hydrogen-bond donors (Lipinski definition) is 1. The first kappa shape index (κ1) is 17.5. The molecule has 0 unspecified atom stereocenters. The quantitative estimate of drug-likeness (QED) is 0.739. The molecule has 0 spiro atoms. The molecular weight excluding hydrogens is 336 g/mol. The van der Waals surface area contributed by atoms with E-state index in [2.05, 4.69) is 51.7 Å². The number of piperidine rings is 1. The van der Waals surface area contributed by atoms with Crippen LogP contribution in [0.3, 0.4) is 0 Å². The topological polar surface area (TPSA) is 42.3 Å². The minimum Gasteiger partial charge on any atom is -0.497 e. The normalized spacial score (nSPS) is 15.0. The molecule has 0 amide bonds. The molecule has 1 N–H and O–H groups in total. The zero-order valence-electron chi connectivity index (χ0n) is 15.9. The predicted octanol–water partition coefficient (Wildman–Crippen LogP) is 4.18. The lowest BCUT2D eigenvalue weighted by Gasteiger charge is -2.34. The highest BCUT2D eigenvalue weighted by Gasteiger charge is 2.20. The van der Waals surface area contributed by atoms with Crippen LogP contribution in [0.5, 0.6) is 5.75 Å². The van der Waals surface area contributed by atoms with Crippen LogP contribution >= 0.6 is 0 Å². The van der Waals surface area contributed by atoms with Gasteiger partial charge in [-0.1, -0.05) is 24.3 Å². The fourth-order valence-electron chi connectivity index (χ4n) is 3.67. The van der Waals surface area contributed by atoms with Crippen molar-refractivity contribution in [3.8, 4) is 16.9 Å². The number of nitrogens with zero attached hydrogens (tertiary/aromatic N) is 3. The lowest BCUT2D eigenvalue weighted by molar-refractivity contribution is 0.415. The Morgan fingerprint density at radius 2 is 1.78 bits per heavy atom. The highest BCUT2D eigenvalue weighted by molar-refractivity contribution is 5.67. The number of nitrogens with one attached hydrogen (secondary N) is 1. The smallest absolute Gasteiger partial charge is 0.124 e. The average Bonchev–Trinajstić information content (AvgIpc) is 3.13. The summed E-state index contributed by atoms with van der Waals surface area (Å²) in [5.74, 6) is 1.98. The van der Waals surface area contributed by atoms with Crippen LogP contribution in [0.2, 0.25) is 0 Å². The van der Waals surface area contributed by atoms with Crippen molar-refractivity contribution in [2.24, 2.45) is 7.05 Å². The standard InChI is InChI=1S/C22H26N4O/c1-25-22(10-13-23-25)24-19-11-14-26(15-12-19)20-8-6-17(7-9-20)18-4-3-5-21(16-18)27-2/h3-10,13,16,19,24H,11-12,14-15H2,1-2H3. The number of rotatable bonds is 5. The third-order valence-corrected chi connectivity index (χ3v) is 5.30. The van der Waals surface area contributed by atoms with Gasteiger partial charge in [0.25, 0.3) is 0 Å². The van der Waals surface area contributed by atoms with Gasteiger partial charge in [-0.05, 0) is 48.2 Å². The molecule has 0 saturated carbocycles. The molecule has 0 atom stereocenters. The first-order chi connectivity index (χ1) is 13.2. The van der Waals surface area contributed by atoms with Crippen LogP contribution in [-0.2, 0) is 7.05 Å². The summed E-state index contributed by atoms with van der Waals surface area (Å²) in [5.41, 5.74) is 3.69. The van der Waals surface area contributed by atoms with E-state index < -0.39 is 0 Å². The van der Waals surface area contributed by atoms with E-state index in [9.17, 15) is 0 Å². The molecule has 140 valence electrons. The number of aromatic nitrogens is 2. The Bertz CT molecular complexity index is 879. The zero-order chi connectivity index (χ0) is 18.6. The Balaban J connectivity index is 1.38. The third-order valence-electron chi connectivity index (χ3n) is 5.30. The van der Waals surface area contributed by atoms with Crippen LogP contribution in [-0.4, -0.2) is 36.0 Å². The minimum atomic E-state index is 0.507. The summed E-state index contributed by atoms with van der Waals surface area (Å²) in [6.07, 6.45) is 4.09. The van der Waals surface area contributed by atoms with Crippen LogP contribution in [0.4, 0.5) is 11.5 Å². The van der Waals surface area contributed by atoms with E-state index >= 15 is 0 Å². The van der Waals surface area contributed by atoms with Crippen molar-refractivity contribution in [3.05, 3.63) is 60.8 Å². The van der Waals surface area contributed by atoms with Crippen LogP contribution in [0.15, 0.2) is 60.8 Å². The van der Waals surface area contributed by atoms with E-state index in [0.29, 0.717) is 6.04 Å². The van der Waals surface area contributed by atoms with Crippen molar-refractivity contribution < 1.29 is 4.74 Å². The predicted molar refractivity (Wildman–Crippen MR) is 110 cm³/mol. The Morgan fingerprint density at radius 1 is 1.00 bits per heavy atom. The maximum atomic E-state index is 5.33. The van der Waals surface area contributed by atoms with E-state index in [1.165, 1.54) is 16.8 Å². The summed E-state index contributed by atoms with van der Waals surface area (Å²) >= 11 is 0. The number of anilines is 2. The van der Waals surface area contributed by atoms with Gasteiger partial charge in [-0.25, -0.2) is 0 Å². The number of methoxy groups -OCH3 is 1. The molecule has 0 bridgehead atoms. The van der Waals surface area contributed by atoms with Crippen molar-refractivity contribution >= 4 is 11.5 Å². The highest BCUT2D eigenvalue weighted by atomic mass is 16.5. The second-order valence-corrected chi connectivity index (χ2v) is 7.02. The van der Waals surface area contributed by atoms with E-state index in [4.69, 9.17) is 4.74 Å². The van der Waals surface area contributed by atoms with Gasteiger partial charge in [0.15, 0.2) is 0 Å². The summed E-state index contributed by atoms with van der Waals surface area (Å²) in [6, 6.07) is 19.6. The van der Waals surface area contributed by atoms with Crippen molar-refractivity contribution in [3.63, 3.8) is 0 Å². The van der Waals surface area contributed by atoms with Crippen LogP contribution in [0, 0.1) is 0 Å². The van der Waals surface area contributed by atoms with Gasteiger partial charge in [-0.15, -0.1) is 0 Å². The molecule has 0 radical (unpaired) electrons. The zero-order valence-corrected chi connectivity index (χ0v) is 15.9.